The first-order valence-corrected chi connectivity index (χ1v) is 11.7. The molecule has 180 valence electrons. The zero-order valence-electron chi connectivity index (χ0n) is 20.3. The molecule has 0 unspecified atom stereocenters. The zero-order valence-corrected chi connectivity index (χ0v) is 20.3. The molecule has 1 N–H and O–H groups in total. The normalized spacial score (nSPS) is 18.5. The van der Waals surface area contributed by atoms with Crippen molar-refractivity contribution in [2.45, 2.75) is 45.8 Å². The van der Waals surface area contributed by atoms with Crippen LogP contribution >= 0.6 is 0 Å². The minimum Gasteiger partial charge on any atom is -0.472 e. The second kappa shape index (κ2) is 11.7. The third kappa shape index (κ3) is 5.95. The maximum Gasteiger partial charge on any atom is 0.259 e. The SMILES string of the molecule is CCCC#Cc1cnc2c(c1)C(=O)N([C@@H](C)CO)C[C@@H](C)[C@H](CN(C)C(=O)c1ccccc1)O2. The Morgan fingerprint density at radius 1 is 1.35 bits per heavy atom. The number of rotatable bonds is 6. The van der Waals surface area contributed by atoms with E-state index >= 15 is 0 Å². The van der Waals surface area contributed by atoms with Crippen LogP contribution in [0.15, 0.2) is 42.6 Å². The van der Waals surface area contributed by atoms with Crippen LogP contribution in [-0.2, 0) is 0 Å². The second-order valence-electron chi connectivity index (χ2n) is 8.80. The molecule has 1 aliphatic rings. The number of unbranched alkanes of at least 4 members (excludes halogenated alkanes) is 1. The molecule has 1 aliphatic heterocycles. The lowest BCUT2D eigenvalue weighted by molar-refractivity contribution is 0.0313. The number of likely N-dealkylation sites (N-methyl/N-ethyl adjacent to an activating group) is 1. The van der Waals surface area contributed by atoms with Crippen LogP contribution in [0.5, 0.6) is 5.88 Å². The second-order valence-corrected chi connectivity index (χ2v) is 8.80. The van der Waals surface area contributed by atoms with Crippen molar-refractivity contribution in [1.82, 2.24) is 14.8 Å². The van der Waals surface area contributed by atoms with Crippen molar-refractivity contribution < 1.29 is 19.4 Å². The molecule has 7 heteroatoms. The summed E-state index contributed by atoms with van der Waals surface area (Å²) in [5, 5.41) is 9.79. The summed E-state index contributed by atoms with van der Waals surface area (Å²) in [7, 11) is 1.74. The summed E-state index contributed by atoms with van der Waals surface area (Å²) >= 11 is 0. The summed E-state index contributed by atoms with van der Waals surface area (Å²) in [5.74, 6) is 5.89. The van der Waals surface area contributed by atoms with Crippen LogP contribution in [0.4, 0.5) is 0 Å². The Labute approximate surface area is 201 Å². The Hall–Kier alpha value is -3.37. The largest absolute Gasteiger partial charge is 0.472 e. The number of carbonyl (C=O) groups is 2. The van der Waals surface area contributed by atoms with Gasteiger partial charge in [-0.2, -0.15) is 0 Å². The number of ether oxygens (including phenoxy) is 1. The van der Waals surface area contributed by atoms with Crippen molar-refractivity contribution in [2.24, 2.45) is 5.92 Å². The van der Waals surface area contributed by atoms with Crippen LogP contribution in [0.1, 0.15) is 59.9 Å². The van der Waals surface area contributed by atoms with Crippen molar-refractivity contribution in [3.8, 4) is 17.7 Å². The Bertz CT molecular complexity index is 1060. The third-order valence-electron chi connectivity index (χ3n) is 5.95. The number of hydrogen-bond acceptors (Lipinski definition) is 5. The first kappa shape index (κ1) is 25.3. The maximum atomic E-state index is 13.4. The topological polar surface area (TPSA) is 83.0 Å². The fourth-order valence-electron chi connectivity index (χ4n) is 3.83. The van der Waals surface area contributed by atoms with E-state index in [0.29, 0.717) is 29.8 Å². The van der Waals surface area contributed by atoms with E-state index in [2.05, 4.69) is 23.7 Å². The predicted molar refractivity (Wildman–Crippen MR) is 131 cm³/mol. The van der Waals surface area contributed by atoms with Crippen molar-refractivity contribution in [2.75, 3.05) is 26.7 Å². The molecule has 1 aromatic heterocycles. The number of fused-ring (bicyclic) bond motifs is 1. The van der Waals surface area contributed by atoms with Gasteiger partial charge in [-0.1, -0.05) is 43.9 Å². The molecule has 0 bridgehead atoms. The van der Waals surface area contributed by atoms with Gasteiger partial charge in [-0.05, 0) is 31.5 Å². The average molecular weight is 464 g/mol. The highest BCUT2D eigenvalue weighted by Crippen LogP contribution is 2.27. The molecule has 3 atom stereocenters. The molecular formula is C27H33N3O4. The lowest BCUT2D eigenvalue weighted by Crippen LogP contribution is -2.50. The molecule has 1 aromatic carbocycles. The Morgan fingerprint density at radius 3 is 2.76 bits per heavy atom. The number of aliphatic hydroxyl groups is 1. The van der Waals surface area contributed by atoms with Crippen molar-refractivity contribution in [3.63, 3.8) is 0 Å². The Balaban J connectivity index is 1.93. The fourth-order valence-corrected chi connectivity index (χ4v) is 3.83. The van der Waals surface area contributed by atoms with E-state index in [1.165, 1.54) is 0 Å². The molecule has 0 saturated carbocycles. The maximum absolute atomic E-state index is 13.4. The quantitative estimate of drug-likeness (QED) is 0.665. The summed E-state index contributed by atoms with van der Waals surface area (Å²) in [6.45, 7) is 6.39. The highest BCUT2D eigenvalue weighted by molar-refractivity contribution is 5.97. The number of aromatic nitrogens is 1. The molecule has 34 heavy (non-hydrogen) atoms. The summed E-state index contributed by atoms with van der Waals surface area (Å²) in [5.41, 5.74) is 1.56. The number of benzene rings is 1. The van der Waals surface area contributed by atoms with Gasteiger partial charge in [-0.15, -0.1) is 0 Å². The summed E-state index contributed by atoms with van der Waals surface area (Å²) in [6.07, 6.45) is 2.92. The molecule has 0 radical (unpaired) electrons. The van der Waals surface area contributed by atoms with Gasteiger partial charge in [-0.3, -0.25) is 9.59 Å². The summed E-state index contributed by atoms with van der Waals surface area (Å²) < 4.78 is 6.26. The molecule has 0 aliphatic carbocycles. The van der Waals surface area contributed by atoms with E-state index in [4.69, 9.17) is 4.74 Å². The van der Waals surface area contributed by atoms with Gasteiger partial charge in [-0.25, -0.2) is 4.98 Å². The molecule has 3 rings (SSSR count). The first-order valence-electron chi connectivity index (χ1n) is 11.7. The van der Waals surface area contributed by atoms with E-state index in [1.54, 1.807) is 41.2 Å². The van der Waals surface area contributed by atoms with Crippen LogP contribution in [-0.4, -0.2) is 70.6 Å². The van der Waals surface area contributed by atoms with Gasteiger partial charge in [0.25, 0.3) is 11.8 Å². The number of hydrogen-bond donors (Lipinski definition) is 1. The molecule has 2 amide bonds. The molecule has 7 nitrogen and oxygen atoms in total. The van der Waals surface area contributed by atoms with Crippen LogP contribution in [0.3, 0.4) is 0 Å². The van der Waals surface area contributed by atoms with Gasteiger partial charge in [0.05, 0.1) is 19.2 Å². The van der Waals surface area contributed by atoms with Gasteiger partial charge in [0.15, 0.2) is 0 Å². The van der Waals surface area contributed by atoms with Crippen LogP contribution in [0, 0.1) is 17.8 Å². The number of amides is 2. The predicted octanol–water partition coefficient (Wildman–Crippen LogP) is 3.23. The molecular weight excluding hydrogens is 430 g/mol. The Morgan fingerprint density at radius 2 is 2.09 bits per heavy atom. The highest BCUT2D eigenvalue weighted by Gasteiger charge is 2.34. The monoisotopic (exact) mass is 463 g/mol. The third-order valence-corrected chi connectivity index (χ3v) is 5.95. The molecule has 2 aromatic rings. The Kier molecular flexibility index (Phi) is 8.67. The van der Waals surface area contributed by atoms with Gasteiger partial charge in [0, 0.05) is 43.3 Å². The summed E-state index contributed by atoms with van der Waals surface area (Å²) in [4.78, 5) is 34.0. The van der Waals surface area contributed by atoms with Crippen molar-refractivity contribution in [1.29, 1.82) is 0 Å². The lowest BCUT2D eigenvalue weighted by atomic mass is 9.99. The van der Waals surface area contributed by atoms with Crippen molar-refractivity contribution >= 4 is 11.8 Å². The van der Waals surface area contributed by atoms with E-state index < -0.39 is 6.10 Å². The van der Waals surface area contributed by atoms with Gasteiger partial charge >= 0.3 is 0 Å². The average Bonchev–Trinajstić information content (AvgIpc) is 2.86. The molecule has 0 fully saturated rings. The lowest BCUT2D eigenvalue weighted by Gasteiger charge is -2.37. The van der Waals surface area contributed by atoms with Gasteiger partial charge < -0.3 is 19.6 Å². The van der Waals surface area contributed by atoms with Crippen LogP contribution < -0.4 is 4.74 Å². The van der Waals surface area contributed by atoms with E-state index in [1.807, 2.05) is 32.0 Å². The number of aliphatic hydroxyl groups excluding tert-OH is 1. The van der Waals surface area contributed by atoms with E-state index in [-0.39, 0.29) is 36.3 Å². The minimum absolute atomic E-state index is 0.107. The first-order chi connectivity index (χ1) is 16.3. The van der Waals surface area contributed by atoms with E-state index in [9.17, 15) is 14.7 Å². The summed E-state index contributed by atoms with van der Waals surface area (Å²) in [6, 6.07) is 10.4. The molecule has 2 heterocycles. The molecule has 0 spiro atoms. The highest BCUT2D eigenvalue weighted by atomic mass is 16.5. The standard InChI is InChI=1S/C27H33N3O4/c1-5-6-8-11-21-14-23-25(28-15-21)34-24(19(2)16-30(27(23)33)20(3)18-31)17-29(4)26(32)22-12-9-7-10-13-22/h7,9-10,12-15,19-20,24,31H,5-6,16-18H2,1-4H3/t19-,20+,24+/m1/s1. The van der Waals surface area contributed by atoms with Crippen LogP contribution in [0.2, 0.25) is 0 Å². The van der Waals surface area contributed by atoms with Crippen LogP contribution in [0.25, 0.3) is 0 Å². The van der Waals surface area contributed by atoms with Crippen molar-refractivity contribution in [3.05, 3.63) is 59.3 Å². The zero-order chi connectivity index (χ0) is 24.7. The van der Waals surface area contributed by atoms with Gasteiger partial charge in [0.2, 0.25) is 5.88 Å². The molecule has 0 saturated heterocycles. The number of pyridine rings is 1. The van der Waals surface area contributed by atoms with Gasteiger partial charge in [0.1, 0.15) is 11.7 Å². The number of nitrogens with zero attached hydrogens (tertiary/aromatic N) is 3. The number of carbonyl (C=O) groups excluding carboxylic acids is 2. The minimum atomic E-state index is -0.401. The van der Waals surface area contributed by atoms with E-state index in [0.717, 1.165) is 12.8 Å². The smallest absolute Gasteiger partial charge is 0.259 e. The fraction of sp³-hybridized carbons (Fsp3) is 0.444.